The predicted octanol–water partition coefficient (Wildman–Crippen LogP) is 4.16. The van der Waals surface area contributed by atoms with Crippen LogP contribution in [0.2, 0.25) is 0 Å². The molecule has 2 amide bonds. The van der Waals surface area contributed by atoms with Gasteiger partial charge in [-0.1, -0.05) is 5.16 Å². The maximum absolute atomic E-state index is 14.4. The summed E-state index contributed by atoms with van der Waals surface area (Å²) in [7, 11) is 0. The molecule has 2 aliphatic heterocycles. The van der Waals surface area contributed by atoms with Crippen molar-refractivity contribution in [2.24, 2.45) is 0 Å². The Hall–Kier alpha value is -2.51. The largest absolute Gasteiger partial charge is 0.444 e. The molecule has 3 heterocycles. The van der Waals surface area contributed by atoms with E-state index in [2.05, 4.69) is 10.1 Å². The van der Waals surface area contributed by atoms with Crippen LogP contribution in [-0.4, -0.2) is 86.0 Å². The number of carbonyl (C=O) groups is 2. The third kappa shape index (κ3) is 5.59. The second kappa shape index (κ2) is 9.30. The number of hydrogen-bond donors (Lipinski definition) is 1. The molecule has 0 aromatic carbocycles. The number of likely N-dealkylation sites (tertiary alicyclic amines) is 2. The van der Waals surface area contributed by atoms with Crippen LogP contribution in [0.5, 0.6) is 0 Å². The summed E-state index contributed by atoms with van der Waals surface area (Å²) in [6.45, 7) is 5.76. The Bertz CT molecular complexity index is 1050. The molecule has 1 unspecified atom stereocenters. The third-order valence-electron chi connectivity index (χ3n) is 7.54. The van der Waals surface area contributed by atoms with E-state index in [0.29, 0.717) is 0 Å². The summed E-state index contributed by atoms with van der Waals surface area (Å²) >= 11 is 0. The Labute approximate surface area is 216 Å². The molecule has 1 aromatic rings. The van der Waals surface area contributed by atoms with Gasteiger partial charge in [0.2, 0.25) is 17.7 Å². The molecule has 0 radical (unpaired) electrons. The van der Waals surface area contributed by atoms with Crippen LogP contribution < -0.4 is 0 Å². The molecule has 1 N–H and O–H groups in total. The van der Waals surface area contributed by atoms with Crippen LogP contribution in [0.1, 0.15) is 83.9 Å². The summed E-state index contributed by atoms with van der Waals surface area (Å²) in [5.41, 5.74) is -4.61. The van der Waals surface area contributed by atoms with Crippen molar-refractivity contribution in [3.63, 3.8) is 0 Å². The predicted molar refractivity (Wildman–Crippen MR) is 121 cm³/mol. The van der Waals surface area contributed by atoms with Crippen LogP contribution in [0.4, 0.5) is 26.7 Å². The highest BCUT2D eigenvalue weighted by Gasteiger charge is 2.61. The molecule has 4 rings (SSSR count). The summed E-state index contributed by atoms with van der Waals surface area (Å²) in [4.78, 5) is 32.6. The van der Waals surface area contributed by atoms with Crippen molar-refractivity contribution in [2.75, 3.05) is 19.6 Å². The van der Waals surface area contributed by atoms with Gasteiger partial charge in [-0.2, -0.15) is 18.2 Å². The van der Waals surface area contributed by atoms with E-state index in [-0.39, 0.29) is 38.4 Å². The molecule has 3 aliphatic rings. The number of halogens is 5. The van der Waals surface area contributed by atoms with Crippen molar-refractivity contribution < 1.29 is 45.9 Å². The average molecular weight is 553 g/mol. The van der Waals surface area contributed by atoms with Gasteiger partial charge < -0.3 is 19.3 Å². The zero-order valence-electron chi connectivity index (χ0n) is 21.8. The molecule has 214 valence electrons. The Morgan fingerprint density at radius 1 is 1.11 bits per heavy atom. The molecule has 9 nitrogen and oxygen atoms in total. The van der Waals surface area contributed by atoms with Gasteiger partial charge in [-0.3, -0.25) is 9.69 Å². The van der Waals surface area contributed by atoms with Crippen LogP contribution in [0.3, 0.4) is 0 Å². The number of aromatic nitrogens is 2. The molecule has 2 atom stereocenters. The second-order valence-electron chi connectivity index (χ2n) is 12.0. The molecule has 14 heteroatoms. The number of ether oxygens (including phenoxy) is 1. The van der Waals surface area contributed by atoms with E-state index in [9.17, 15) is 36.6 Å². The lowest BCUT2D eigenvalue weighted by atomic mass is 9.76. The summed E-state index contributed by atoms with van der Waals surface area (Å²) in [5.74, 6) is -5.08. The maximum atomic E-state index is 14.4. The van der Waals surface area contributed by atoms with Crippen molar-refractivity contribution in [1.82, 2.24) is 19.9 Å². The number of β-amino-alcohol motifs (C(OH)–C–C–N with tert-alkyl or cyclic N) is 1. The lowest BCUT2D eigenvalue weighted by Gasteiger charge is -2.45. The molecule has 3 fully saturated rings. The summed E-state index contributed by atoms with van der Waals surface area (Å²) in [6.07, 6.45) is -7.47. The topological polar surface area (TPSA) is 109 Å². The number of carbonyl (C=O) groups excluding carboxylic acids is 2. The van der Waals surface area contributed by atoms with Crippen molar-refractivity contribution in [2.45, 2.75) is 107 Å². The number of amides is 2. The van der Waals surface area contributed by atoms with Crippen LogP contribution >= 0.6 is 0 Å². The Kier molecular flexibility index (Phi) is 6.98. The van der Waals surface area contributed by atoms with E-state index in [1.54, 1.807) is 20.8 Å². The van der Waals surface area contributed by atoms with Gasteiger partial charge in [-0.25, -0.2) is 13.6 Å². The van der Waals surface area contributed by atoms with Crippen molar-refractivity contribution in [3.8, 4) is 0 Å². The van der Waals surface area contributed by atoms with Gasteiger partial charge in [0, 0.05) is 31.8 Å². The van der Waals surface area contributed by atoms with Gasteiger partial charge in [0.1, 0.15) is 17.1 Å². The lowest BCUT2D eigenvalue weighted by molar-refractivity contribution is -0.206. The van der Waals surface area contributed by atoms with E-state index in [1.807, 2.05) is 0 Å². The SMILES string of the molecule is CC1(O)CC[C@@H](C(=O)N2CCC(c3noc(C4CC(F)(F)C4)n3)(C(F)(F)F)CC2)N(C(=O)OC(C)(C)C)C1. The molecule has 1 saturated carbocycles. The monoisotopic (exact) mass is 552 g/mol. The van der Waals surface area contributed by atoms with Crippen molar-refractivity contribution in [3.05, 3.63) is 11.7 Å². The first-order valence-corrected chi connectivity index (χ1v) is 12.6. The van der Waals surface area contributed by atoms with Gasteiger partial charge in [0.05, 0.1) is 12.1 Å². The summed E-state index contributed by atoms with van der Waals surface area (Å²) < 4.78 is 79.9. The van der Waals surface area contributed by atoms with E-state index in [4.69, 9.17) is 9.26 Å². The normalized spacial score (nSPS) is 28.1. The average Bonchev–Trinajstić information content (AvgIpc) is 3.25. The van der Waals surface area contributed by atoms with Crippen LogP contribution in [0.15, 0.2) is 4.52 Å². The molecule has 1 aliphatic carbocycles. The molecule has 0 spiro atoms. The molecule has 38 heavy (non-hydrogen) atoms. The number of aliphatic hydroxyl groups is 1. The van der Waals surface area contributed by atoms with Gasteiger partial charge in [-0.15, -0.1) is 0 Å². The van der Waals surface area contributed by atoms with E-state index < -0.39 is 84.2 Å². The fourth-order valence-electron chi connectivity index (χ4n) is 5.31. The smallest absolute Gasteiger partial charge is 0.411 e. The highest BCUT2D eigenvalue weighted by atomic mass is 19.4. The third-order valence-corrected chi connectivity index (χ3v) is 7.54. The van der Waals surface area contributed by atoms with E-state index in [1.165, 1.54) is 11.8 Å². The zero-order valence-corrected chi connectivity index (χ0v) is 21.8. The lowest BCUT2D eigenvalue weighted by Crippen LogP contribution is -2.61. The van der Waals surface area contributed by atoms with Crippen LogP contribution in [0, 0.1) is 0 Å². The number of rotatable bonds is 3. The van der Waals surface area contributed by atoms with Crippen LogP contribution in [0.25, 0.3) is 0 Å². The Balaban J connectivity index is 1.49. The molecular formula is C24H33F5N4O5. The molecular weight excluding hydrogens is 519 g/mol. The van der Waals surface area contributed by atoms with Gasteiger partial charge in [-0.05, 0) is 53.4 Å². The Morgan fingerprint density at radius 3 is 2.24 bits per heavy atom. The number of alkyl halides is 5. The molecule has 0 bridgehead atoms. The minimum absolute atomic E-state index is 0.117. The molecule has 1 aromatic heterocycles. The standard InChI is InChI=1S/C24H33F5N4O5/c1-20(2,3)37-19(35)33-13-21(4,36)6-5-15(33)17(34)32-9-7-22(8-10-32,24(27,28)29)18-30-16(38-31-18)14-11-23(25,26)12-14/h14-15,36H,5-13H2,1-4H3/t15-,21?/m0/s1. The second-order valence-corrected chi connectivity index (χ2v) is 12.0. The number of hydrogen-bond acceptors (Lipinski definition) is 7. The maximum Gasteiger partial charge on any atom is 0.411 e. The highest BCUT2D eigenvalue weighted by Crippen LogP contribution is 2.50. The van der Waals surface area contributed by atoms with Gasteiger partial charge in [0.15, 0.2) is 5.82 Å². The fraction of sp³-hybridized carbons (Fsp3) is 0.833. The zero-order chi connectivity index (χ0) is 28.3. The van der Waals surface area contributed by atoms with Crippen molar-refractivity contribution in [1.29, 1.82) is 0 Å². The quantitative estimate of drug-likeness (QED) is 0.561. The number of piperidine rings is 2. The summed E-state index contributed by atoms with van der Waals surface area (Å²) in [5, 5.41) is 14.0. The van der Waals surface area contributed by atoms with Crippen molar-refractivity contribution >= 4 is 12.0 Å². The first-order chi connectivity index (χ1) is 17.3. The van der Waals surface area contributed by atoms with Crippen LogP contribution in [-0.2, 0) is 14.9 Å². The minimum Gasteiger partial charge on any atom is -0.444 e. The highest BCUT2D eigenvalue weighted by molar-refractivity contribution is 5.86. The number of nitrogens with zero attached hydrogens (tertiary/aromatic N) is 4. The Morgan fingerprint density at radius 2 is 1.71 bits per heavy atom. The first kappa shape index (κ1) is 28.5. The molecule has 2 saturated heterocycles. The minimum atomic E-state index is -4.78. The first-order valence-electron chi connectivity index (χ1n) is 12.6. The van der Waals surface area contributed by atoms with Gasteiger partial charge >= 0.3 is 12.3 Å². The summed E-state index contributed by atoms with van der Waals surface area (Å²) in [6, 6.07) is -1.000. The van der Waals surface area contributed by atoms with E-state index in [0.717, 1.165) is 4.90 Å². The fourth-order valence-corrected chi connectivity index (χ4v) is 5.31. The van der Waals surface area contributed by atoms with Gasteiger partial charge in [0.25, 0.3) is 0 Å². The van der Waals surface area contributed by atoms with E-state index >= 15 is 0 Å².